The molecule has 1 atom stereocenters. The zero-order chi connectivity index (χ0) is 16.7. The van der Waals surface area contributed by atoms with Crippen LogP contribution in [0.3, 0.4) is 0 Å². The summed E-state index contributed by atoms with van der Waals surface area (Å²) in [6.07, 6.45) is 0. The van der Waals surface area contributed by atoms with Crippen molar-refractivity contribution in [1.29, 1.82) is 0 Å². The number of aromatic amines is 1. The van der Waals surface area contributed by atoms with E-state index in [2.05, 4.69) is 15.4 Å². The second-order valence-corrected chi connectivity index (χ2v) is 5.79. The number of benzene rings is 1. The van der Waals surface area contributed by atoms with Crippen molar-refractivity contribution in [1.82, 2.24) is 24.8 Å². The predicted octanol–water partition coefficient (Wildman–Crippen LogP) is 1.44. The molecular weight excluding hydrogens is 310 g/mol. The first kappa shape index (κ1) is 14.4. The lowest BCUT2D eigenvalue weighted by Gasteiger charge is -2.31. The van der Waals surface area contributed by atoms with Gasteiger partial charge in [-0.15, -0.1) is 10.2 Å². The number of hydrogen-bond acceptors (Lipinski definition) is 5. The standard InChI is InChI=1S/C16H15N5O3/c1-10-8-20(16(23)12-7-14(22)19-24-12)9-13-17-18-15(21(10)13)11-5-3-2-4-6-11/h2-7,10H,8-9H2,1H3,(H,19,22)/t10-/m0/s1. The van der Waals surface area contributed by atoms with Crippen molar-refractivity contribution >= 4 is 5.91 Å². The summed E-state index contributed by atoms with van der Waals surface area (Å²) in [5.74, 6) is 1.16. The molecule has 0 fully saturated rings. The van der Waals surface area contributed by atoms with Gasteiger partial charge in [0.25, 0.3) is 11.5 Å². The number of fused-ring (bicyclic) bond motifs is 1. The monoisotopic (exact) mass is 325 g/mol. The minimum Gasteiger partial charge on any atom is -0.373 e. The van der Waals surface area contributed by atoms with Gasteiger partial charge in [-0.3, -0.25) is 9.59 Å². The molecule has 0 aliphatic carbocycles. The van der Waals surface area contributed by atoms with E-state index >= 15 is 0 Å². The highest BCUT2D eigenvalue weighted by molar-refractivity contribution is 5.91. The first-order valence-corrected chi connectivity index (χ1v) is 7.60. The summed E-state index contributed by atoms with van der Waals surface area (Å²) in [5.41, 5.74) is 0.553. The Morgan fingerprint density at radius 2 is 2.08 bits per heavy atom. The number of carbonyl (C=O) groups excluding carboxylic acids is 1. The van der Waals surface area contributed by atoms with E-state index in [1.54, 1.807) is 4.90 Å². The summed E-state index contributed by atoms with van der Waals surface area (Å²) in [5, 5.41) is 10.7. The fraction of sp³-hybridized carbons (Fsp3) is 0.250. The summed E-state index contributed by atoms with van der Waals surface area (Å²) in [6.45, 7) is 2.81. The lowest BCUT2D eigenvalue weighted by molar-refractivity contribution is 0.0640. The van der Waals surface area contributed by atoms with Crippen molar-refractivity contribution < 1.29 is 9.32 Å². The van der Waals surface area contributed by atoms with Gasteiger partial charge in [0.15, 0.2) is 11.6 Å². The number of nitrogens with zero attached hydrogens (tertiary/aromatic N) is 4. The van der Waals surface area contributed by atoms with Crippen LogP contribution in [0.4, 0.5) is 0 Å². The van der Waals surface area contributed by atoms with Crippen molar-refractivity contribution in [2.75, 3.05) is 6.54 Å². The number of aromatic nitrogens is 4. The van der Waals surface area contributed by atoms with E-state index in [-0.39, 0.29) is 17.7 Å². The van der Waals surface area contributed by atoms with E-state index in [1.807, 2.05) is 41.8 Å². The van der Waals surface area contributed by atoms with Crippen LogP contribution in [-0.2, 0) is 6.54 Å². The molecule has 1 aromatic carbocycles. The number of amides is 1. The van der Waals surface area contributed by atoms with E-state index in [1.165, 1.54) is 0 Å². The van der Waals surface area contributed by atoms with Gasteiger partial charge in [-0.25, -0.2) is 0 Å². The van der Waals surface area contributed by atoms with E-state index in [4.69, 9.17) is 4.52 Å². The van der Waals surface area contributed by atoms with Crippen LogP contribution in [0.1, 0.15) is 29.3 Å². The van der Waals surface area contributed by atoms with Gasteiger partial charge in [0.2, 0.25) is 5.76 Å². The number of nitrogens with one attached hydrogen (secondary N) is 1. The molecule has 0 radical (unpaired) electrons. The maximum atomic E-state index is 12.5. The molecule has 122 valence electrons. The molecule has 3 aromatic rings. The van der Waals surface area contributed by atoms with Gasteiger partial charge in [0.05, 0.1) is 18.7 Å². The van der Waals surface area contributed by atoms with Crippen LogP contribution >= 0.6 is 0 Å². The smallest absolute Gasteiger partial charge is 0.292 e. The van der Waals surface area contributed by atoms with Crippen LogP contribution < -0.4 is 5.56 Å². The molecular formula is C16H15N5O3. The van der Waals surface area contributed by atoms with Crippen LogP contribution in [0.5, 0.6) is 0 Å². The van der Waals surface area contributed by atoms with Crippen molar-refractivity contribution in [2.24, 2.45) is 0 Å². The Balaban J connectivity index is 1.66. The van der Waals surface area contributed by atoms with Crippen LogP contribution in [-0.4, -0.2) is 37.3 Å². The summed E-state index contributed by atoms with van der Waals surface area (Å²) >= 11 is 0. The second kappa shape index (κ2) is 5.48. The first-order chi connectivity index (χ1) is 11.6. The summed E-state index contributed by atoms with van der Waals surface area (Å²) in [7, 11) is 0. The molecule has 0 bridgehead atoms. The SMILES string of the molecule is C[C@H]1CN(C(=O)c2cc(=O)[nH]o2)Cc2nnc(-c3ccccc3)n21. The molecule has 0 unspecified atom stereocenters. The number of rotatable bonds is 2. The number of hydrogen-bond donors (Lipinski definition) is 1. The third-order valence-corrected chi connectivity index (χ3v) is 4.08. The molecule has 24 heavy (non-hydrogen) atoms. The highest BCUT2D eigenvalue weighted by Crippen LogP contribution is 2.27. The van der Waals surface area contributed by atoms with Gasteiger partial charge in [-0.05, 0) is 6.92 Å². The molecule has 1 aliphatic heterocycles. The number of H-pyrrole nitrogens is 1. The van der Waals surface area contributed by atoms with Crippen molar-refractivity contribution in [3.8, 4) is 11.4 Å². The van der Waals surface area contributed by atoms with Gasteiger partial charge in [0.1, 0.15) is 0 Å². The maximum Gasteiger partial charge on any atom is 0.292 e. The number of carbonyl (C=O) groups is 1. The zero-order valence-corrected chi connectivity index (χ0v) is 13.0. The van der Waals surface area contributed by atoms with Crippen LogP contribution in [0, 0.1) is 0 Å². The highest BCUT2D eigenvalue weighted by atomic mass is 16.5. The molecule has 1 aliphatic rings. The van der Waals surface area contributed by atoms with Crippen LogP contribution in [0.2, 0.25) is 0 Å². The molecule has 2 aromatic heterocycles. The van der Waals surface area contributed by atoms with Crippen molar-refractivity contribution in [2.45, 2.75) is 19.5 Å². The van der Waals surface area contributed by atoms with E-state index in [9.17, 15) is 9.59 Å². The topological polar surface area (TPSA) is 97.0 Å². The highest BCUT2D eigenvalue weighted by Gasteiger charge is 2.31. The first-order valence-electron chi connectivity index (χ1n) is 7.60. The summed E-state index contributed by atoms with van der Waals surface area (Å²) in [4.78, 5) is 25.2. The molecule has 1 amide bonds. The quantitative estimate of drug-likeness (QED) is 0.769. The molecule has 4 rings (SSSR count). The molecule has 8 heteroatoms. The van der Waals surface area contributed by atoms with Gasteiger partial charge in [-0.2, -0.15) is 5.16 Å². The average molecular weight is 325 g/mol. The normalized spacial score (nSPS) is 16.9. The second-order valence-electron chi connectivity index (χ2n) is 5.79. The lowest BCUT2D eigenvalue weighted by atomic mass is 10.1. The van der Waals surface area contributed by atoms with Crippen LogP contribution in [0.15, 0.2) is 45.7 Å². The Kier molecular flexibility index (Phi) is 3.30. The van der Waals surface area contributed by atoms with E-state index in [0.717, 1.165) is 17.5 Å². The minimum atomic E-state index is -0.432. The Hall–Kier alpha value is -3.16. The van der Waals surface area contributed by atoms with Gasteiger partial charge < -0.3 is 14.0 Å². The fourth-order valence-corrected chi connectivity index (χ4v) is 3.01. The maximum absolute atomic E-state index is 12.5. The van der Waals surface area contributed by atoms with Crippen LogP contribution in [0.25, 0.3) is 11.4 Å². The third-order valence-electron chi connectivity index (χ3n) is 4.08. The Bertz CT molecular complexity index is 940. The van der Waals surface area contributed by atoms with Gasteiger partial charge >= 0.3 is 0 Å². The van der Waals surface area contributed by atoms with E-state index < -0.39 is 5.56 Å². The van der Waals surface area contributed by atoms with Crippen molar-refractivity contribution in [3.63, 3.8) is 0 Å². The van der Waals surface area contributed by atoms with E-state index in [0.29, 0.717) is 18.9 Å². The molecule has 0 saturated carbocycles. The summed E-state index contributed by atoms with van der Waals surface area (Å²) < 4.78 is 6.95. The molecule has 0 spiro atoms. The lowest BCUT2D eigenvalue weighted by Crippen LogP contribution is -2.40. The zero-order valence-electron chi connectivity index (χ0n) is 13.0. The minimum absolute atomic E-state index is 0.00319. The molecule has 0 saturated heterocycles. The molecule has 1 N–H and O–H groups in total. The van der Waals surface area contributed by atoms with Gasteiger partial charge in [0, 0.05) is 12.1 Å². The molecule has 8 nitrogen and oxygen atoms in total. The predicted molar refractivity (Wildman–Crippen MR) is 84.2 cm³/mol. The average Bonchev–Trinajstić information content (AvgIpc) is 3.21. The third kappa shape index (κ3) is 2.32. The Labute approximate surface area is 136 Å². The Morgan fingerprint density at radius 3 is 2.79 bits per heavy atom. The largest absolute Gasteiger partial charge is 0.373 e. The van der Waals surface area contributed by atoms with Crippen molar-refractivity contribution in [3.05, 3.63) is 58.3 Å². The van der Waals surface area contributed by atoms with Gasteiger partial charge in [-0.1, -0.05) is 30.3 Å². The molecule has 3 heterocycles. The Morgan fingerprint density at radius 1 is 1.29 bits per heavy atom. The fourth-order valence-electron chi connectivity index (χ4n) is 3.01. The summed E-state index contributed by atoms with van der Waals surface area (Å²) in [6, 6.07) is 11.0.